The Balaban J connectivity index is 2.42. The summed E-state index contributed by atoms with van der Waals surface area (Å²) in [5.41, 5.74) is 5.71. The fraction of sp³-hybridized carbons (Fsp3) is 0.200. The predicted molar refractivity (Wildman–Crippen MR) is 70.5 cm³/mol. The summed E-state index contributed by atoms with van der Waals surface area (Å²) in [5.74, 6) is -1.31. The molecule has 9 heteroatoms. The van der Waals surface area contributed by atoms with E-state index in [1.807, 2.05) is 5.32 Å². The Morgan fingerprint density at radius 2 is 1.79 bits per heavy atom. The van der Waals surface area contributed by atoms with E-state index in [9.17, 15) is 18.0 Å². The summed E-state index contributed by atoms with van der Waals surface area (Å²) in [5, 5.41) is 2.03. The fourth-order valence-electron chi connectivity index (χ4n) is 1.67. The van der Waals surface area contributed by atoms with E-state index in [4.69, 9.17) is 5.73 Å². The first-order valence-corrected chi connectivity index (χ1v) is 7.42. The van der Waals surface area contributed by atoms with Gasteiger partial charge in [-0.05, 0) is 18.2 Å². The molecular formula is C10H10BrN3O4S. The Labute approximate surface area is 117 Å². The molecular weight excluding hydrogens is 338 g/mol. The van der Waals surface area contributed by atoms with Gasteiger partial charge < -0.3 is 5.73 Å². The number of carbonyl (C=O) groups is 2. The SMILES string of the molecule is Nc1cc(Br)ccc1S(=O)(=O)N1CC(=O)NC(=O)C1. The van der Waals surface area contributed by atoms with Crippen LogP contribution in [0.3, 0.4) is 0 Å². The topological polar surface area (TPSA) is 110 Å². The largest absolute Gasteiger partial charge is 0.398 e. The van der Waals surface area contributed by atoms with E-state index >= 15 is 0 Å². The zero-order valence-corrected chi connectivity index (χ0v) is 12.0. The molecule has 7 nitrogen and oxygen atoms in total. The highest BCUT2D eigenvalue weighted by Gasteiger charge is 2.33. The Morgan fingerprint density at radius 3 is 2.32 bits per heavy atom. The van der Waals surface area contributed by atoms with Gasteiger partial charge in [0.15, 0.2) is 0 Å². The van der Waals surface area contributed by atoms with E-state index < -0.39 is 34.9 Å². The number of benzene rings is 1. The first-order valence-electron chi connectivity index (χ1n) is 5.18. The van der Waals surface area contributed by atoms with E-state index in [-0.39, 0.29) is 10.6 Å². The number of imide groups is 1. The average Bonchev–Trinajstić information content (AvgIpc) is 2.26. The van der Waals surface area contributed by atoms with Crippen LogP contribution in [-0.4, -0.2) is 37.6 Å². The normalized spacial score (nSPS) is 17.3. The van der Waals surface area contributed by atoms with Crippen LogP contribution in [0.25, 0.3) is 0 Å². The minimum Gasteiger partial charge on any atom is -0.398 e. The van der Waals surface area contributed by atoms with Crippen molar-refractivity contribution in [3.8, 4) is 0 Å². The van der Waals surface area contributed by atoms with E-state index in [1.54, 1.807) is 0 Å². The van der Waals surface area contributed by atoms with Crippen LogP contribution in [0.15, 0.2) is 27.6 Å². The lowest BCUT2D eigenvalue weighted by Crippen LogP contribution is -2.53. The number of nitrogen functional groups attached to an aromatic ring is 1. The molecule has 0 bridgehead atoms. The molecule has 19 heavy (non-hydrogen) atoms. The number of sulfonamides is 1. The Morgan fingerprint density at radius 1 is 1.21 bits per heavy atom. The number of nitrogens with two attached hydrogens (primary N) is 1. The zero-order valence-electron chi connectivity index (χ0n) is 9.59. The molecule has 0 aromatic heterocycles. The molecule has 1 heterocycles. The van der Waals surface area contributed by atoms with E-state index in [1.165, 1.54) is 18.2 Å². The van der Waals surface area contributed by atoms with Gasteiger partial charge in [0.05, 0.1) is 18.8 Å². The molecule has 0 spiro atoms. The number of halogens is 1. The van der Waals surface area contributed by atoms with Crippen molar-refractivity contribution >= 4 is 43.5 Å². The average molecular weight is 348 g/mol. The minimum absolute atomic E-state index is 0.0489. The second-order valence-corrected chi connectivity index (χ2v) is 6.75. The van der Waals surface area contributed by atoms with Gasteiger partial charge in [0.25, 0.3) is 0 Å². The number of rotatable bonds is 2. The number of nitrogens with one attached hydrogen (secondary N) is 1. The molecule has 2 rings (SSSR count). The van der Waals surface area contributed by atoms with Gasteiger partial charge in [-0.15, -0.1) is 0 Å². The van der Waals surface area contributed by atoms with Gasteiger partial charge in [0, 0.05) is 4.47 Å². The molecule has 1 saturated heterocycles. The van der Waals surface area contributed by atoms with Crippen LogP contribution in [0.5, 0.6) is 0 Å². The Hall–Kier alpha value is -1.45. The first kappa shape index (κ1) is 14.0. The third kappa shape index (κ3) is 2.77. The second kappa shape index (κ2) is 4.91. The standard InChI is InChI=1S/C10H10BrN3O4S/c11-6-1-2-8(7(12)3-6)19(17,18)14-4-9(15)13-10(16)5-14/h1-3H,4-5,12H2,(H,13,15,16). The molecule has 1 fully saturated rings. The third-order valence-corrected chi connectivity index (χ3v) is 4.87. The van der Waals surface area contributed by atoms with Crippen LogP contribution in [-0.2, 0) is 19.6 Å². The highest BCUT2D eigenvalue weighted by molar-refractivity contribution is 9.10. The lowest BCUT2D eigenvalue weighted by molar-refractivity contribution is -0.134. The van der Waals surface area contributed by atoms with Crippen molar-refractivity contribution in [2.24, 2.45) is 0 Å². The predicted octanol–water partition coefficient (Wildman–Crippen LogP) is -0.322. The molecule has 102 valence electrons. The fourth-order valence-corrected chi connectivity index (χ4v) is 3.50. The van der Waals surface area contributed by atoms with Crippen molar-refractivity contribution in [2.45, 2.75) is 4.90 Å². The number of anilines is 1. The van der Waals surface area contributed by atoms with Crippen molar-refractivity contribution in [2.75, 3.05) is 18.8 Å². The smallest absolute Gasteiger partial charge is 0.246 e. The van der Waals surface area contributed by atoms with Gasteiger partial charge in [0.1, 0.15) is 4.90 Å². The van der Waals surface area contributed by atoms with Crippen molar-refractivity contribution in [3.63, 3.8) is 0 Å². The van der Waals surface area contributed by atoms with Crippen molar-refractivity contribution in [1.82, 2.24) is 9.62 Å². The number of carbonyl (C=O) groups excluding carboxylic acids is 2. The van der Waals surface area contributed by atoms with E-state index in [0.29, 0.717) is 4.47 Å². The maximum atomic E-state index is 12.3. The number of hydrogen-bond acceptors (Lipinski definition) is 5. The van der Waals surface area contributed by atoms with Crippen LogP contribution in [0.2, 0.25) is 0 Å². The zero-order chi connectivity index (χ0) is 14.2. The number of nitrogens with zero attached hydrogens (tertiary/aromatic N) is 1. The summed E-state index contributed by atoms with van der Waals surface area (Å²) in [7, 11) is -3.97. The molecule has 2 amide bonds. The monoisotopic (exact) mass is 347 g/mol. The molecule has 1 aliphatic rings. The molecule has 0 unspecified atom stereocenters. The molecule has 0 aliphatic carbocycles. The third-order valence-electron chi connectivity index (χ3n) is 2.51. The van der Waals surface area contributed by atoms with Gasteiger partial charge in [-0.25, -0.2) is 8.42 Å². The molecule has 1 aromatic carbocycles. The highest BCUT2D eigenvalue weighted by Crippen LogP contribution is 2.25. The summed E-state index contributed by atoms with van der Waals surface area (Å²) >= 11 is 3.17. The summed E-state index contributed by atoms with van der Waals surface area (Å²) < 4.78 is 26.1. The van der Waals surface area contributed by atoms with Crippen LogP contribution in [0, 0.1) is 0 Å². The summed E-state index contributed by atoms with van der Waals surface area (Å²) in [6.45, 7) is -0.798. The Bertz CT molecular complexity index is 643. The van der Waals surface area contributed by atoms with Gasteiger partial charge in [-0.3, -0.25) is 14.9 Å². The number of piperazine rings is 1. The summed E-state index contributed by atoms with van der Waals surface area (Å²) in [6, 6.07) is 4.29. The van der Waals surface area contributed by atoms with Crippen molar-refractivity contribution in [1.29, 1.82) is 0 Å². The van der Waals surface area contributed by atoms with Crippen LogP contribution >= 0.6 is 15.9 Å². The van der Waals surface area contributed by atoms with E-state index in [2.05, 4.69) is 15.9 Å². The quantitative estimate of drug-likeness (QED) is 0.562. The van der Waals surface area contributed by atoms with Crippen molar-refractivity contribution in [3.05, 3.63) is 22.7 Å². The minimum atomic E-state index is -3.97. The molecule has 0 saturated carbocycles. The number of amides is 2. The molecule has 0 radical (unpaired) electrons. The number of hydrogen-bond donors (Lipinski definition) is 2. The molecule has 1 aromatic rings. The summed E-state index contributed by atoms with van der Waals surface area (Å²) in [6.07, 6.45) is 0. The maximum absolute atomic E-state index is 12.3. The lowest BCUT2D eigenvalue weighted by atomic mass is 10.3. The van der Waals surface area contributed by atoms with Crippen molar-refractivity contribution < 1.29 is 18.0 Å². The highest BCUT2D eigenvalue weighted by atomic mass is 79.9. The van der Waals surface area contributed by atoms with Gasteiger partial charge in [-0.1, -0.05) is 15.9 Å². The Kier molecular flexibility index (Phi) is 3.61. The molecule has 0 atom stereocenters. The van der Waals surface area contributed by atoms with E-state index in [0.717, 1.165) is 4.31 Å². The van der Waals surface area contributed by atoms with Gasteiger partial charge >= 0.3 is 0 Å². The molecule has 1 aliphatic heterocycles. The van der Waals surface area contributed by atoms with Crippen LogP contribution < -0.4 is 11.1 Å². The summed E-state index contributed by atoms with van der Waals surface area (Å²) in [4.78, 5) is 22.3. The maximum Gasteiger partial charge on any atom is 0.246 e. The van der Waals surface area contributed by atoms with Crippen LogP contribution in [0.4, 0.5) is 5.69 Å². The van der Waals surface area contributed by atoms with Crippen LogP contribution in [0.1, 0.15) is 0 Å². The lowest BCUT2D eigenvalue weighted by Gasteiger charge is -2.25. The first-order chi connectivity index (χ1) is 8.80. The van der Waals surface area contributed by atoms with Gasteiger partial charge in [-0.2, -0.15) is 4.31 Å². The second-order valence-electron chi connectivity index (χ2n) is 3.93. The van der Waals surface area contributed by atoms with Gasteiger partial charge in [0.2, 0.25) is 21.8 Å². The molecule has 3 N–H and O–H groups in total.